The summed E-state index contributed by atoms with van der Waals surface area (Å²) >= 11 is 0. The second-order valence-corrected chi connectivity index (χ2v) is 11.7. The molecule has 2 fully saturated rings. The van der Waals surface area contributed by atoms with Crippen molar-refractivity contribution in [3.05, 3.63) is 108 Å². The quantitative estimate of drug-likeness (QED) is 0.329. The first-order valence-corrected chi connectivity index (χ1v) is 14.8. The zero-order valence-electron chi connectivity index (χ0n) is 25.1. The third kappa shape index (κ3) is 5.21. The molecule has 228 valence electrons. The lowest BCUT2D eigenvalue weighted by molar-refractivity contribution is -0.145. The number of benzene rings is 3. The Hall–Kier alpha value is -4.63. The SMILES string of the molecule is COc1ccc(CCN2C(=O)[C@@H]3[C@@H](C(=O)NCc4ccc(OC)cc4)[C@@]4(C)C=C[C@@]3(O4)[C@@H]2C(=O)NCc2ccccc2)cc1. The number of ether oxygens (including phenoxy) is 3. The van der Waals surface area contributed by atoms with E-state index in [4.69, 9.17) is 14.2 Å². The number of hydrogen-bond acceptors (Lipinski definition) is 6. The number of carbonyl (C=O) groups excluding carboxylic acids is 3. The second kappa shape index (κ2) is 11.8. The predicted molar refractivity (Wildman–Crippen MR) is 164 cm³/mol. The van der Waals surface area contributed by atoms with Gasteiger partial charge in [-0.3, -0.25) is 14.4 Å². The number of hydrogen-bond donors (Lipinski definition) is 2. The Balaban J connectivity index is 1.26. The van der Waals surface area contributed by atoms with E-state index in [2.05, 4.69) is 10.6 Å². The van der Waals surface area contributed by atoms with Crippen LogP contribution in [-0.2, 0) is 38.6 Å². The molecular weight excluding hydrogens is 558 g/mol. The predicted octanol–water partition coefficient (Wildman–Crippen LogP) is 3.42. The van der Waals surface area contributed by atoms with Gasteiger partial charge in [-0.2, -0.15) is 0 Å². The molecule has 3 amide bonds. The molecule has 3 aliphatic heterocycles. The molecule has 1 spiro atoms. The molecule has 0 saturated carbocycles. The third-order valence-corrected chi connectivity index (χ3v) is 9.06. The van der Waals surface area contributed by atoms with E-state index in [9.17, 15) is 14.4 Å². The van der Waals surface area contributed by atoms with E-state index in [0.717, 1.165) is 28.2 Å². The maximum absolute atomic E-state index is 14.3. The molecule has 3 aromatic carbocycles. The lowest BCUT2D eigenvalue weighted by Crippen LogP contribution is -2.55. The zero-order chi connectivity index (χ0) is 30.9. The molecule has 6 rings (SSSR count). The smallest absolute Gasteiger partial charge is 0.246 e. The van der Waals surface area contributed by atoms with Crippen LogP contribution in [0.2, 0.25) is 0 Å². The first kappa shape index (κ1) is 29.4. The number of methoxy groups -OCH3 is 2. The molecule has 3 aromatic rings. The van der Waals surface area contributed by atoms with Crippen LogP contribution in [0.3, 0.4) is 0 Å². The van der Waals surface area contributed by atoms with Gasteiger partial charge in [0.1, 0.15) is 23.1 Å². The van der Waals surface area contributed by atoms with E-state index in [-0.39, 0.29) is 24.3 Å². The normalized spacial score (nSPS) is 26.4. The number of fused-ring (bicyclic) bond motifs is 1. The van der Waals surface area contributed by atoms with Gasteiger partial charge >= 0.3 is 0 Å². The molecule has 2 saturated heterocycles. The summed E-state index contributed by atoms with van der Waals surface area (Å²) in [4.78, 5) is 43.7. The van der Waals surface area contributed by atoms with E-state index in [1.165, 1.54) is 0 Å². The number of carbonyl (C=O) groups is 3. The fourth-order valence-electron chi connectivity index (χ4n) is 6.84. The summed E-state index contributed by atoms with van der Waals surface area (Å²) < 4.78 is 17.1. The highest BCUT2D eigenvalue weighted by Gasteiger charge is 2.76. The van der Waals surface area contributed by atoms with Crippen molar-refractivity contribution in [2.75, 3.05) is 20.8 Å². The van der Waals surface area contributed by atoms with Gasteiger partial charge in [0.2, 0.25) is 17.7 Å². The van der Waals surface area contributed by atoms with Gasteiger partial charge in [0.05, 0.1) is 31.7 Å². The van der Waals surface area contributed by atoms with E-state index in [0.29, 0.717) is 19.5 Å². The molecule has 9 heteroatoms. The van der Waals surface area contributed by atoms with Crippen molar-refractivity contribution < 1.29 is 28.6 Å². The largest absolute Gasteiger partial charge is 0.497 e. The average Bonchev–Trinajstić information content (AvgIpc) is 3.62. The summed E-state index contributed by atoms with van der Waals surface area (Å²) in [6.45, 7) is 2.71. The molecule has 0 unspecified atom stereocenters. The minimum atomic E-state index is -1.26. The van der Waals surface area contributed by atoms with Crippen molar-refractivity contribution in [1.29, 1.82) is 0 Å². The topological polar surface area (TPSA) is 106 Å². The minimum absolute atomic E-state index is 0.254. The van der Waals surface area contributed by atoms with E-state index < -0.39 is 29.1 Å². The molecule has 9 nitrogen and oxygen atoms in total. The van der Waals surface area contributed by atoms with Crippen molar-refractivity contribution in [2.45, 2.75) is 43.7 Å². The van der Waals surface area contributed by atoms with Crippen LogP contribution in [-0.4, -0.2) is 60.6 Å². The number of rotatable bonds is 11. The van der Waals surface area contributed by atoms with Gasteiger partial charge in [0.25, 0.3) is 0 Å². The average molecular weight is 596 g/mol. The molecular formula is C35H37N3O6. The van der Waals surface area contributed by atoms with Gasteiger partial charge < -0.3 is 29.7 Å². The Morgan fingerprint density at radius 2 is 1.36 bits per heavy atom. The first-order valence-electron chi connectivity index (χ1n) is 14.8. The van der Waals surface area contributed by atoms with Gasteiger partial charge in [-0.1, -0.05) is 66.7 Å². The highest BCUT2D eigenvalue weighted by molar-refractivity contribution is 6.00. The van der Waals surface area contributed by atoms with E-state index >= 15 is 0 Å². The summed E-state index contributed by atoms with van der Waals surface area (Å²) in [5, 5.41) is 6.05. The van der Waals surface area contributed by atoms with Crippen molar-refractivity contribution >= 4 is 17.7 Å². The zero-order valence-corrected chi connectivity index (χ0v) is 25.1. The van der Waals surface area contributed by atoms with Crippen LogP contribution < -0.4 is 20.1 Å². The summed E-state index contributed by atoms with van der Waals surface area (Å²) in [5.41, 5.74) is 0.562. The number of nitrogens with one attached hydrogen (secondary N) is 2. The summed E-state index contributed by atoms with van der Waals surface area (Å²) in [5.74, 6) is -1.02. The Morgan fingerprint density at radius 1 is 0.795 bits per heavy atom. The summed E-state index contributed by atoms with van der Waals surface area (Å²) in [6.07, 6.45) is 4.21. The molecule has 3 heterocycles. The van der Waals surface area contributed by atoms with Crippen molar-refractivity contribution in [3.8, 4) is 11.5 Å². The van der Waals surface area contributed by atoms with Gasteiger partial charge in [-0.05, 0) is 54.3 Å². The molecule has 5 atom stereocenters. The van der Waals surface area contributed by atoms with Crippen LogP contribution in [0, 0.1) is 11.8 Å². The fraction of sp³-hybridized carbons (Fsp3) is 0.343. The monoisotopic (exact) mass is 595 g/mol. The minimum Gasteiger partial charge on any atom is -0.497 e. The van der Waals surface area contributed by atoms with Crippen LogP contribution in [0.1, 0.15) is 23.6 Å². The Morgan fingerprint density at radius 3 is 1.98 bits per heavy atom. The van der Waals surface area contributed by atoms with E-state index in [1.54, 1.807) is 19.1 Å². The number of likely N-dealkylation sites (tertiary alicyclic amines) is 1. The first-order chi connectivity index (χ1) is 21.3. The maximum atomic E-state index is 14.3. The fourth-order valence-corrected chi connectivity index (χ4v) is 6.84. The third-order valence-electron chi connectivity index (χ3n) is 9.06. The molecule has 0 aromatic heterocycles. The number of amides is 3. The molecule has 2 N–H and O–H groups in total. The molecule has 0 radical (unpaired) electrons. The number of nitrogens with zero attached hydrogens (tertiary/aromatic N) is 1. The lowest BCUT2D eigenvalue weighted by atomic mass is 9.70. The molecule has 44 heavy (non-hydrogen) atoms. The van der Waals surface area contributed by atoms with Crippen LogP contribution >= 0.6 is 0 Å². The van der Waals surface area contributed by atoms with Crippen LogP contribution in [0.5, 0.6) is 11.5 Å². The van der Waals surface area contributed by atoms with Crippen molar-refractivity contribution in [3.63, 3.8) is 0 Å². The van der Waals surface area contributed by atoms with Crippen LogP contribution in [0.4, 0.5) is 0 Å². The van der Waals surface area contributed by atoms with Gasteiger partial charge in [0.15, 0.2) is 0 Å². The summed E-state index contributed by atoms with van der Waals surface area (Å²) in [6, 6.07) is 23.8. The van der Waals surface area contributed by atoms with Gasteiger partial charge in [0, 0.05) is 19.6 Å². The highest BCUT2D eigenvalue weighted by Crippen LogP contribution is 2.59. The van der Waals surface area contributed by atoms with Crippen molar-refractivity contribution in [2.24, 2.45) is 11.8 Å². The lowest BCUT2D eigenvalue weighted by Gasteiger charge is -2.33. The molecule has 2 bridgehead atoms. The summed E-state index contributed by atoms with van der Waals surface area (Å²) in [7, 11) is 3.21. The second-order valence-electron chi connectivity index (χ2n) is 11.7. The highest BCUT2D eigenvalue weighted by atomic mass is 16.5. The van der Waals surface area contributed by atoms with Crippen molar-refractivity contribution in [1.82, 2.24) is 15.5 Å². The Bertz CT molecular complexity index is 1560. The van der Waals surface area contributed by atoms with Gasteiger partial charge in [-0.15, -0.1) is 0 Å². The Labute approximate surface area is 257 Å². The maximum Gasteiger partial charge on any atom is 0.246 e. The Kier molecular flexibility index (Phi) is 7.90. The van der Waals surface area contributed by atoms with Gasteiger partial charge in [-0.25, -0.2) is 0 Å². The molecule has 3 aliphatic rings. The van der Waals surface area contributed by atoms with E-state index in [1.807, 2.05) is 97.9 Å². The molecule has 0 aliphatic carbocycles. The van der Waals surface area contributed by atoms with Crippen LogP contribution in [0.15, 0.2) is 91.0 Å². The van der Waals surface area contributed by atoms with Crippen LogP contribution in [0.25, 0.3) is 0 Å². The standard InChI is InChI=1S/C35H37N3O6/c1-34-18-19-35(44-34)29(28(34)31(39)36-22-25-11-15-27(43-3)16-12-25)33(41)38(20-17-23-9-13-26(42-2)14-10-23)30(35)32(40)37-21-24-7-5-4-6-8-24/h4-16,18-19,28-30H,17,20-22H2,1-3H3,(H,36,39)(H,37,40)/t28-,29-,30-,34+,35-/m0/s1.